The molecule has 0 saturated heterocycles. The highest BCUT2D eigenvalue weighted by Gasteiger charge is 2.27. The lowest BCUT2D eigenvalue weighted by Crippen LogP contribution is -2.41. The molecule has 4 rings (SSSR count). The van der Waals surface area contributed by atoms with E-state index in [1.807, 2.05) is 6.07 Å². The molecule has 26 heavy (non-hydrogen) atoms. The summed E-state index contributed by atoms with van der Waals surface area (Å²) in [5, 5.41) is 17.6. The molecule has 2 aromatic heterocycles. The van der Waals surface area contributed by atoms with E-state index in [1.54, 1.807) is 24.3 Å². The van der Waals surface area contributed by atoms with Crippen molar-refractivity contribution in [3.05, 3.63) is 67.8 Å². The Morgan fingerprint density at radius 1 is 1.23 bits per heavy atom. The first-order chi connectivity index (χ1) is 12.6. The zero-order chi connectivity index (χ0) is 18.3. The van der Waals surface area contributed by atoms with Crippen molar-refractivity contribution in [1.82, 2.24) is 19.3 Å². The van der Waals surface area contributed by atoms with Crippen molar-refractivity contribution in [2.45, 2.75) is 25.4 Å². The Kier molecular flexibility index (Phi) is 3.93. The van der Waals surface area contributed by atoms with Crippen LogP contribution in [-0.2, 0) is 6.54 Å². The van der Waals surface area contributed by atoms with Gasteiger partial charge in [-0.05, 0) is 37.1 Å². The Morgan fingerprint density at radius 3 is 2.62 bits per heavy atom. The van der Waals surface area contributed by atoms with Crippen molar-refractivity contribution in [2.24, 2.45) is 0 Å². The summed E-state index contributed by atoms with van der Waals surface area (Å²) in [6, 6.07) is 8.70. The molecular weight excluding hydrogens is 358 g/mol. The van der Waals surface area contributed by atoms with Gasteiger partial charge >= 0.3 is 5.69 Å². The van der Waals surface area contributed by atoms with Gasteiger partial charge in [0, 0.05) is 22.8 Å². The third-order valence-electron chi connectivity index (χ3n) is 4.11. The Morgan fingerprint density at radius 2 is 1.96 bits per heavy atom. The molecule has 0 aliphatic heterocycles. The van der Waals surface area contributed by atoms with Crippen LogP contribution in [0.3, 0.4) is 0 Å². The topological polar surface area (TPSA) is 107 Å². The van der Waals surface area contributed by atoms with E-state index in [0.29, 0.717) is 10.6 Å². The standard InChI is InChI=1S/C17H12ClN5O3/c18-12-3-1-10(2-4-12)15-21-20-14(26-15)9-23-16(24)11(7-19)8-22(17(23)25)13-5-6-13/h1-4,8,13H,5-6,9H2. The van der Waals surface area contributed by atoms with Crippen LogP contribution in [0.5, 0.6) is 0 Å². The van der Waals surface area contributed by atoms with E-state index in [-0.39, 0.29) is 29.9 Å². The maximum atomic E-state index is 12.6. The molecular formula is C17H12ClN5O3. The van der Waals surface area contributed by atoms with Crippen molar-refractivity contribution < 1.29 is 4.42 Å². The molecule has 1 aliphatic carbocycles. The zero-order valence-corrected chi connectivity index (χ0v) is 14.2. The van der Waals surface area contributed by atoms with Crippen molar-refractivity contribution in [1.29, 1.82) is 5.26 Å². The second-order valence-corrected chi connectivity index (χ2v) is 6.41. The average molecular weight is 370 g/mol. The van der Waals surface area contributed by atoms with Crippen LogP contribution < -0.4 is 11.2 Å². The van der Waals surface area contributed by atoms with Gasteiger partial charge in [0.2, 0.25) is 11.8 Å². The molecule has 1 aliphatic rings. The predicted octanol–water partition coefficient (Wildman–Crippen LogP) is 1.97. The van der Waals surface area contributed by atoms with E-state index >= 15 is 0 Å². The van der Waals surface area contributed by atoms with Gasteiger partial charge in [-0.15, -0.1) is 10.2 Å². The number of hydrogen-bond acceptors (Lipinski definition) is 6. The van der Waals surface area contributed by atoms with E-state index in [0.717, 1.165) is 17.4 Å². The summed E-state index contributed by atoms with van der Waals surface area (Å²) in [5.74, 6) is 0.357. The SMILES string of the molecule is N#Cc1cn(C2CC2)c(=O)n(Cc2nnc(-c3ccc(Cl)cc3)o2)c1=O. The minimum Gasteiger partial charge on any atom is -0.419 e. The normalized spacial score (nSPS) is 13.5. The molecule has 1 saturated carbocycles. The molecule has 0 unspecified atom stereocenters. The largest absolute Gasteiger partial charge is 0.419 e. The summed E-state index contributed by atoms with van der Waals surface area (Å²) in [5.41, 5.74) is -0.570. The van der Waals surface area contributed by atoms with Gasteiger partial charge < -0.3 is 4.42 Å². The lowest BCUT2D eigenvalue weighted by atomic mass is 10.2. The van der Waals surface area contributed by atoms with Gasteiger partial charge in [-0.25, -0.2) is 9.36 Å². The summed E-state index contributed by atoms with van der Waals surface area (Å²) >= 11 is 5.85. The van der Waals surface area contributed by atoms with Crippen LogP contribution in [0.25, 0.3) is 11.5 Å². The minimum absolute atomic E-state index is 0.0359. The van der Waals surface area contributed by atoms with E-state index in [9.17, 15) is 9.59 Å². The fraction of sp³-hybridized carbons (Fsp3) is 0.235. The van der Waals surface area contributed by atoms with Crippen molar-refractivity contribution in [3.8, 4) is 17.5 Å². The molecule has 0 spiro atoms. The lowest BCUT2D eigenvalue weighted by molar-refractivity contribution is 0.467. The van der Waals surface area contributed by atoms with Crippen LogP contribution in [0, 0.1) is 11.3 Å². The zero-order valence-electron chi connectivity index (χ0n) is 13.4. The van der Waals surface area contributed by atoms with E-state index in [2.05, 4.69) is 10.2 Å². The Bertz CT molecular complexity index is 1130. The fourth-order valence-corrected chi connectivity index (χ4v) is 2.74. The molecule has 8 nitrogen and oxygen atoms in total. The van der Waals surface area contributed by atoms with E-state index in [4.69, 9.17) is 21.3 Å². The molecule has 0 atom stereocenters. The van der Waals surface area contributed by atoms with Crippen molar-refractivity contribution >= 4 is 11.6 Å². The van der Waals surface area contributed by atoms with Gasteiger partial charge in [0.25, 0.3) is 5.56 Å². The third-order valence-corrected chi connectivity index (χ3v) is 4.36. The molecule has 0 N–H and O–H groups in total. The Balaban J connectivity index is 1.71. The maximum Gasteiger partial charge on any atom is 0.331 e. The molecule has 0 bridgehead atoms. The van der Waals surface area contributed by atoms with Crippen molar-refractivity contribution in [2.75, 3.05) is 0 Å². The lowest BCUT2D eigenvalue weighted by Gasteiger charge is -2.08. The van der Waals surface area contributed by atoms with Crippen LogP contribution in [0.15, 0.2) is 44.5 Å². The van der Waals surface area contributed by atoms with Crippen LogP contribution in [-0.4, -0.2) is 19.3 Å². The number of nitrogens with zero attached hydrogens (tertiary/aromatic N) is 5. The minimum atomic E-state index is -0.666. The van der Waals surface area contributed by atoms with Gasteiger partial charge in [-0.3, -0.25) is 9.36 Å². The molecule has 2 heterocycles. The monoisotopic (exact) mass is 369 g/mol. The van der Waals surface area contributed by atoms with Crippen LogP contribution in [0.1, 0.15) is 30.3 Å². The Labute approximate surface area is 151 Å². The quantitative estimate of drug-likeness (QED) is 0.695. The summed E-state index contributed by atoms with van der Waals surface area (Å²) in [7, 11) is 0. The number of benzene rings is 1. The summed E-state index contributed by atoms with van der Waals surface area (Å²) in [6.45, 7) is -0.194. The van der Waals surface area contributed by atoms with Gasteiger partial charge in [-0.2, -0.15) is 5.26 Å². The van der Waals surface area contributed by atoms with Crippen LogP contribution in [0.2, 0.25) is 5.02 Å². The van der Waals surface area contributed by atoms with Gasteiger partial charge in [-0.1, -0.05) is 11.6 Å². The Hall–Kier alpha value is -3.18. The maximum absolute atomic E-state index is 12.6. The average Bonchev–Trinajstić information content (AvgIpc) is 3.37. The summed E-state index contributed by atoms with van der Waals surface area (Å²) in [6.07, 6.45) is 3.03. The second-order valence-electron chi connectivity index (χ2n) is 5.97. The smallest absolute Gasteiger partial charge is 0.331 e. The second kappa shape index (κ2) is 6.28. The number of aromatic nitrogens is 4. The first-order valence-electron chi connectivity index (χ1n) is 7.91. The van der Waals surface area contributed by atoms with Crippen molar-refractivity contribution in [3.63, 3.8) is 0 Å². The molecule has 0 amide bonds. The molecule has 0 radical (unpaired) electrons. The van der Waals surface area contributed by atoms with E-state index < -0.39 is 11.2 Å². The predicted molar refractivity (Wildman–Crippen MR) is 91.8 cm³/mol. The molecule has 9 heteroatoms. The highest BCUT2D eigenvalue weighted by atomic mass is 35.5. The summed E-state index contributed by atoms with van der Waals surface area (Å²) in [4.78, 5) is 24.9. The van der Waals surface area contributed by atoms with Crippen LogP contribution in [0.4, 0.5) is 0 Å². The number of rotatable bonds is 4. The molecule has 3 aromatic rings. The number of nitriles is 1. The van der Waals surface area contributed by atoms with Gasteiger partial charge in [0.15, 0.2) is 0 Å². The highest BCUT2D eigenvalue weighted by molar-refractivity contribution is 6.30. The molecule has 1 aromatic carbocycles. The third kappa shape index (κ3) is 2.93. The van der Waals surface area contributed by atoms with Gasteiger partial charge in [0.1, 0.15) is 18.2 Å². The van der Waals surface area contributed by atoms with E-state index in [1.165, 1.54) is 10.8 Å². The number of halogens is 1. The number of hydrogen-bond donors (Lipinski definition) is 0. The molecule has 1 fully saturated rings. The first kappa shape index (κ1) is 16.3. The fourth-order valence-electron chi connectivity index (χ4n) is 2.61. The first-order valence-corrected chi connectivity index (χ1v) is 8.29. The highest BCUT2D eigenvalue weighted by Crippen LogP contribution is 2.33. The van der Waals surface area contributed by atoms with Crippen LogP contribution >= 0.6 is 11.6 Å². The van der Waals surface area contributed by atoms with Gasteiger partial charge in [0.05, 0.1) is 0 Å². The summed E-state index contributed by atoms with van der Waals surface area (Å²) < 4.78 is 7.94. The molecule has 130 valence electrons.